The number of hydrazone groups is 1. The molecule has 2 aromatic heterocycles. The summed E-state index contributed by atoms with van der Waals surface area (Å²) in [4.78, 5) is 25.8. The monoisotopic (exact) mass is 337 g/mol. The molecule has 0 aliphatic heterocycles. The standard InChI is InChI=1S/C15H11N7O3/c23-15(11-5-7-16-8-6-11)19-17-9-12-10-21(20-18-12)13-1-3-14(4-2-13)22(24)25/h1-10H,(H,19,23)/b17-9+. The third kappa shape index (κ3) is 3.88. The Morgan fingerprint density at radius 1 is 1.20 bits per heavy atom. The summed E-state index contributed by atoms with van der Waals surface area (Å²) in [6, 6.07) is 8.99. The van der Waals surface area contributed by atoms with Gasteiger partial charge in [-0.1, -0.05) is 5.21 Å². The molecular formula is C15H11N7O3. The number of nitrogens with one attached hydrogen (secondary N) is 1. The van der Waals surface area contributed by atoms with Crippen molar-refractivity contribution in [3.63, 3.8) is 0 Å². The molecule has 10 nitrogen and oxygen atoms in total. The quantitative estimate of drug-likeness (QED) is 0.425. The lowest BCUT2D eigenvalue weighted by atomic mass is 10.3. The molecule has 2 heterocycles. The minimum atomic E-state index is -0.477. The van der Waals surface area contributed by atoms with Gasteiger partial charge in [-0.3, -0.25) is 19.9 Å². The predicted molar refractivity (Wildman–Crippen MR) is 87.3 cm³/mol. The number of nitro benzene ring substituents is 1. The maximum absolute atomic E-state index is 11.8. The number of non-ortho nitro benzene ring substituents is 1. The SMILES string of the molecule is O=C(N/N=C/c1cn(-c2ccc([N+](=O)[O-])cc2)nn1)c1ccncc1. The van der Waals surface area contributed by atoms with Gasteiger partial charge in [0, 0.05) is 30.1 Å². The lowest BCUT2D eigenvalue weighted by molar-refractivity contribution is -0.384. The molecule has 0 atom stereocenters. The summed E-state index contributed by atoms with van der Waals surface area (Å²) in [5.74, 6) is -0.374. The molecule has 0 bridgehead atoms. The van der Waals surface area contributed by atoms with E-state index in [-0.39, 0.29) is 11.6 Å². The Bertz CT molecular complexity index is 920. The zero-order valence-corrected chi connectivity index (χ0v) is 12.7. The number of pyridine rings is 1. The number of rotatable bonds is 5. The van der Waals surface area contributed by atoms with Crippen LogP contribution in [0.2, 0.25) is 0 Å². The van der Waals surface area contributed by atoms with Gasteiger partial charge >= 0.3 is 0 Å². The maximum atomic E-state index is 11.8. The summed E-state index contributed by atoms with van der Waals surface area (Å²) < 4.78 is 1.44. The number of carbonyl (C=O) groups excluding carboxylic acids is 1. The normalized spacial score (nSPS) is 10.7. The number of hydrogen-bond donors (Lipinski definition) is 1. The van der Waals surface area contributed by atoms with E-state index >= 15 is 0 Å². The van der Waals surface area contributed by atoms with Gasteiger partial charge in [0.15, 0.2) is 0 Å². The largest absolute Gasteiger partial charge is 0.271 e. The molecule has 0 saturated heterocycles. The van der Waals surface area contributed by atoms with Gasteiger partial charge in [0.25, 0.3) is 11.6 Å². The first-order chi connectivity index (χ1) is 12.1. The summed E-state index contributed by atoms with van der Waals surface area (Å²) in [5, 5.41) is 22.2. The van der Waals surface area contributed by atoms with E-state index in [1.165, 1.54) is 35.4 Å². The fourth-order valence-corrected chi connectivity index (χ4v) is 1.91. The molecule has 1 aromatic carbocycles. The molecular weight excluding hydrogens is 326 g/mol. The van der Waals surface area contributed by atoms with Gasteiger partial charge in [-0.05, 0) is 24.3 Å². The second kappa shape index (κ2) is 7.08. The fourth-order valence-electron chi connectivity index (χ4n) is 1.91. The lowest BCUT2D eigenvalue weighted by Gasteiger charge is -1.98. The van der Waals surface area contributed by atoms with Crippen molar-refractivity contribution in [1.82, 2.24) is 25.4 Å². The first-order valence-corrected chi connectivity index (χ1v) is 7.04. The van der Waals surface area contributed by atoms with Crippen molar-refractivity contribution in [3.05, 3.63) is 76.4 Å². The lowest BCUT2D eigenvalue weighted by Crippen LogP contribution is -2.17. The molecule has 0 aliphatic rings. The van der Waals surface area contributed by atoms with Crippen LogP contribution >= 0.6 is 0 Å². The van der Waals surface area contributed by atoms with E-state index in [4.69, 9.17) is 0 Å². The molecule has 0 fully saturated rings. The molecule has 0 saturated carbocycles. The molecule has 124 valence electrons. The van der Waals surface area contributed by atoms with Crippen molar-refractivity contribution in [3.8, 4) is 5.69 Å². The average molecular weight is 337 g/mol. The van der Waals surface area contributed by atoms with Gasteiger partial charge in [-0.15, -0.1) is 5.10 Å². The highest BCUT2D eigenvalue weighted by Gasteiger charge is 2.07. The minimum Gasteiger partial charge on any atom is -0.267 e. The number of hydrogen-bond acceptors (Lipinski definition) is 7. The van der Waals surface area contributed by atoms with Crippen LogP contribution in [0.4, 0.5) is 5.69 Å². The number of amides is 1. The Kier molecular flexibility index (Phi) is 4.51. The highest BCUT2D eigenvalue weighted by atomic mass is 16.6. The molecule has 0 unspecified atom stereocenters. The number of carbonyl (C=O) groups is 1. The van der Waals surface area contributed by atoms with Crippen LogP contribution < -0.4 is 5.43 Å². The second-order valence-corrected chi connectivity index (χ2v) is 4.80. The van der Waals surface area contributed by atoms with E-state index in [0.717, 1.165) is 0 Å². The molecule has 3 rings (SSSR count). The third-order valence-electron chi connectivity index (χ3n) is 3.14. The van der Waals surface area contributed by atoms with Crippen LogP contribution in [0.25, 0.3) is 5.69 Å². The van der Waals surface area contributed by atoms with Crippen molar-refractivity contribution >= 4 is 17.8 Å². The number of nitro groups is 1. The van der Waals surface area contributed by atoms with E-state index < -0.39 is 4.92 Å². The van der Waals surface area contributed by atoms with Crippen LogP contribution in [0.5, 0.6) is 0 Å². The van der Waals surface area contributed by atoms with Gasteiger partial charge in [0.05, 0.1) is 23.0 Å². The number of nitrogens with zero attached hydrogens (tertiary/aromatic N) is 6. The van der Waals surface area contributed by atoms with Crippen molar-refractivity contribution in [2.45, 2.75) is 0 Å². The van der Waals surface area contributed by atoms with Gasteiger partial charge < -0.3 is 0 Å². The fraction of sp³-hybridized carbons (Fsp3) is 0. The first kappa shape index (κ1) is 15.9. The van der Waals surface area contributed by atoms with Crippen LogP contribution in [0.3, 0.4) is 0 Å². The Hall–Kier alpha value is -3.95. The highest BCUT2D eigenvalue weighted by Crippen LogP contribution is 2.14. The van der Waals surface area contributed by atoms with Gasteiger partial charge in [0.1, 0.15) is 5.69 Å². The summed E-state index contributed by atoms with van der Waals surface area (Å²) in [7, 11) is 0. The van der Waals surface area contributed by atoms with E-state index in [0.29, 0.717) is 16.9 Å². The van der Waals surface area contributed by atoms with Crippen LogP contribution in [0.1, 0.15) is 16.1 Å². The predicted octanol–water partition coefficient (Wildman–Crippen LogP) is 1.33. The van der Waals surface area contributed by atoms with Crippen LogP contribution in [-0.2, 0) is 0 Å². The van der Waals surface area contributed by atoms with E-state index in [1.807, 2.05) is 0 Å². The Balaban J connectivity index is 1.65. The molecule has 1 N–H and O–H groups in total. The maximum Gasteiger partial charge on any atom is 0.271 e. The van der Waals surface area contributed by atoms with Crippen molar-refractivity contribution in [2.24, 2.45) is 5.10 Å². The van der Waals surface area contributed by atoms with Crippen LogP contribution in [-0.4, -0.2) is 37.0 Å². The van der Waals surface area contributed by atoms with Crippen LogP contribution in [0, 0.1) is 10.1 Å². The zero-order chi connectivity index (χ0) is 17.6. The average Bonchev–Trinajstić information content (AvgIpc) is 3.11. The zero-order valence-electron chi connectivity index (χ0n) is 12.7. The van der Waals surface area contributed by atoms with E-state index in [9.17, 15) is 14.9 Å². The Labute approximate surface area is 141 Å². The molecule has 0 spiro atoms. The summed E-state index contributed by atoms with van der Waals surface area (Å²) in [6.07, 6.45) is 5.93. The van der Waals surface area contributed by atoms with Crippen molar-refractivity contribution < 1.29 is 9.72 Å². The summed E-state index contributed by atoms with van der Waals surface area (Å²) in [5.41, 5.74) is 3.81. The number of benzene rings is 1. The van der Waals surface area contributed by atoms with Gasteiger partial charge in [-0.2, -0.15) is 5.10 Å². The molecule has 0 aliphatic carbocycles. The second-order valence-electron chi connectivity index (χ2n) is 4.80. The van der Waals surface area contributed by atoms with Crippen LogP contribution in [0.15, 0.2) is 60.1 Å². The topological polar surface area (TPSA) is 128 Å². The van der Waals surface area contributed by atoms with Crippen molar-refractivity contribution in [1.29, 1.82) is 0 Å². The number of aromatic nitrogens is 4. The smallest absolute Gasteiger partial charge is 0.267 e. The third-order valence-corrected chi connectivity index (χ3v) is 3.14. The molecule has 3 aromatic rings. The van der Waals surface area contributed by atoms with E-state index in [2.05, 4.69) is 25.8 Å². The molecule has 1 amide bonds. The Morgan fingerprint density at radius 3 is 2.60 bits per heavy atom. The van der Waals surface area contributed by atoms with Gasteiger partial charge in [0.2, 0.25) is 0 Å². The van der Waals surface area contributed by atoms with E-state index in [1.54, 1.807) is 30.5 Å². The summed E-state index contributed by atoms with van der Waals surface area (Å²) in [6.45, 7) is 0. The molecule has 10 heteroatoms. The Morgan fingerprint density at radius 2 is 1.92 bits per heavy atom. The van der Waals surface area contributed by atoms with Crippen molar-refractivity contribution in [2.75, 3.05) is 0 Å². The highest BCUT2D eigenvalue weighted by molar-refractivity contribution is 5.94. The molecule has 25 heavy (non-hydrogen) atoms. The molecule has 0 radical (unpaired) electrons. The van der Waals surface area contributed by atoms with Gasteiger partial charge in [-0.25, -0.2) is 10.1 Å². The first-order valence-electron chi connectivity index (χ1n) is 7.04. The summed E-state index contributed by atoms with van der Waals surface area (Å²) >= 11 is 0. The minimum absolute atomic E-state index is 0.00974.